The standard InChI is InChI=1S/C15H13BrN2S/c1-10-5-4-8-13-14(10)18(15(19)17-13)9-11-6-2-3-7-12(11)16/h2-8H,9H2,1H3,(H,17,19). The summed E-state index contributed by atoms with van der Waals surface area (Å²) in [6, 6.07) is 14.5. The topological polar surface area (TPSA) is 20.7 Å². The molecule has 3 aromatic rings. The Morgan fingerprint density at radius 1 is 1.16 bits per heavy atom. The molecule has 3 rings (SSSR count). The maximum Gasteiger partial charge on any atom is 0.178 e. The van der Waals surface area contributed by atoms with Gasteiger partial charge >= 0.3 is 0 Å². The van der Waals surface area contributed by atoms with Crippen molar-refractivity contribution in [2.45, 2.75) is 13.5 Å². The molecule has 0 bridgehead atoms. The van der Waals surface area contributed by atoms with Crippen LogP contribution < -0.4 is 0 Å². The number of aromatic amines is 1. The summed E-state index contributed by atoms with van der Waals surface area (Å²) in [5.41, 5.74) is 4.74. The maximum absolute atomic E-state index is 5.45. The number of hydrogen-bond acceptors (Lipinski definition) is 1. The van der Waals surface area contributed by atoms with Crippen LogP contribution in [0.25, 0.3) is 11.0 Å². The van der Waals surface area contributed by atoms with Crippen LogP contribution in [-0.2, 0) is 6.54 Å². The molecule has 0 unspecified atom stereocenters. The Hall–Kier alpha value is -1.39. The van der Waals surface area contributed by atoms with Gasteiger partial charge in [0.2, 0.25) is 0 Å². The number of nitrogens with zero attached hydrogens (tertiary/aromatic N) is 1. The van der Waals surface area contributed by atoms with E-state index in [4.69, 9.17) is 12.2 Å². The van der Waals surface area contributed by atoms with Crippen LogP contribution in [0.2, 0.25) is 0 Å². The lowest BCUT2D eigenvalue weighted by Gasteiger charge is -2.08. The first-order chi connectivity index (χ1) is 9.16. The number of nitrogens with one attached hydrogen (secondary N) is 1. The summed E-state index contributed by atoms with van der Waals surface area (Å²) in [4.78, 5) is 3.27. The predicted octanol–water partition coefficient (Wildman–Crippen LogP) is 4.82. The smallest absolute Gasteiger partial charge is 0.178 e. The molecule has 2 aromatic carbocycles. The van der Waals surface area contributed by atoms with Crippen molar-refractivity contribution < 1.29 is 0 Å². The van der Waals surface area contributed by atoms with E-state index in [1.807, 2.05) is 18.2 Å². The number of fused-ring (bicyclic) bond motifs is 1. The van der Waals surface area contributed by atoms with E-state index in [-0.39, 0.29) is 0 Å². The molecule has 0 amide bonds. The number of rotatable bonds is 2. The van der Waals surface area contributed by atoms with E-state index in [9.17, 15) is 0 Å². The fourth-order valence-electron chi connectivity index (χ4n) is 2.35. The summed E-state index contributed by atoms with van der Waals surface area (Å²) in [7, 11) is 0. The summed E-state index contributed by atoms with van der Waals surface area (Å²) in [6.07, 6.45) is 0. The zero-order valence-electron chi connectivity index (χ0n) is 10.5. The van der Waals surface area contributed by atoms with E-state index in [0.717, 1.165) is 21.3 Å². The van der Waals surface area contributed by atoms with Gasteiger partial charge < -0.3 is 9.55 Å². The van der Waals surface area contributed by atoms with E-state index in [1.54, 1.807) is 0 Å². The Bertz CT molecular complexity index is 801. The summed E-state index contributed by atoms with van der Waals surface area (Å²) < 4.78 is 4.03. The van der Waals surface area contributed by atoms with Gasteiger partial charge in [-0.15, -0.1) is 0 Å². The van der Waals surface area contributed by atoms with Gasteiger partial charge in [-0.25, -0.2) is 0 Å². The number of aromatic nitrogens is 2. The number of imidazole rings is 1. The summed E-state index contributed by atoms with van der Waals surface area (Å²) in [5, 5.41) is 0. The number of halogens is 1. The predicted molar refractivity (Wildman–Crippen MR) is 85.1 cm³/mol. The quantitative estimate of drug-likeness (QED) is 0.667. The normalized spacial score (nSPS) is 11.1. The van der Waals surface area contributed by atoms with Crippen LogP contribution in [0.15, 0.2) is 46.9 Å². The molecule has 0 aliphatic heterocycles. The molecule has 19 heavy (non-hydrogen) atoms. The van der Waals surface area contributed by atoms with Crippen LogP contribution in [0.1, 0.15) is 11.1 Å². The third-order valence-electron chi connectivity index (χ3n) is 3.28. The largest absolute Gasteiger partial charge is 0.331 e. The first kappa shape index (κ1) is 12.6. The molecule has 0 aliphatic carbocycles. The van der Waals surface area contributed by atoms with Crippen LogP contribution >= 0.6 is 28.1 Å². The monoisotopic (exact) mass is 332 g/mol. The van der Waals surface area contributed by atoms with Crippen molar-refractivity contribution in [1.82, 2.24) is 9.55 Å². The second-order valence-corrected chi connectivity index (χ2v) is 5.82. The van der Waals surface area contributed by atoms with Crippen molar-refractivity contribution in [3.05, 3.63) is 62.8 Å². The average molecular weight is 333 g/mol. The van der Waals surface area contributed by atoms with Crippen molar-refractivity contribution >= 4 is 39.2 Å². The zero-order valence-corrected chi connectivity index (χ0v) is 12.9. The molecule has 96 valence electrons. The lowest BCUT2D eigenvalue weighted by molar-refractivity contribution is 0.805. The molecule has 0 spiro atoms. The number of para-hydroxylation sites is 1. The van der Waals surface area contributed by atoms with E-state index >= 15 is 0 Å². The van der Waals surface area contributed by atoms with E-state index in [2.05, 4.69) is 56.7 Å². The molecule has 0 saturated carbocycles. The Labute approximate surface area is 125 Å². The van der Waals surface area contributed by atoms with Crippen molar-refractivity contribution in [1.29, 1.82) is 0 Å². The van der Waals surface area contributed by atoms with Gasteiger partial charge in [0, 0.05) is 4.47 Å². The molecule has 0 radical (unpaired) electrons. The van der Waals surface area contributed by atoms with Gasteiger partial charge in [-0.2, -0.15) is 0 Å². The maximum atomic E-state index is 5.45. The highest BCUT2D eigenvalue weighted by Gasteiger charge is 2.08. The highest BCUT2D eigenvalue weighted by molar-refractivity contribution is 9.10. The first-order valence-electron chi connectivity index (χ1n) is 6.08. The first-order valence-corrected chi connectivity index (χ1v) is 7.28. The zero-order chi connectivity index (χ0) is 13.4. The molecule has 0 atom stereocenters. The third-order valence-corrected chi connectivity index (χ3v) is 4.38. The molecule has 2 nitrogen and oxygen atoms in total. The molecule has 4 heteroatoms. The van der Waals surface area contributed by atoms with Crippen LogP contribution in [0.3, 0.4) is 0 Å². The third kappa shape index (κ3) is 2.26. The van der Waals surface area contributed by atoms with Crippen LogP contribution in [0.5, 0.6) is 0 Å². The Morgan fingerprint density at radius 2 is 1.95 bits per heavy atom. The van der Waals surface area contributed by atoms with Crippen molar-refractivity contribution in [2.75, 3.05) is 0 Å². The molecular formula is C15H13BrN2S. The van der Waals surface area contributed by atoms with E-state index in [0.29, 0.717) is 0 Å². The Kier molecular flexibility index (Phi) is 3.29. The number of hydrogen-bond donors (Lipinski definition) is 1. The van der Waals surface area contributed by atoms with Crippen LogP contribution in [0.4, 0.5) is 0 Å². The van der Waals surface area contributed by atoms with E-state index in [1.165, 1.54) is 16.6 Å². The van der Waals surface area contributed by atoms with Gasteiger partial charge in [0.05, 0.1) is 17.6 Å². The lowest BCUT2D eigenvalue weighted by Crippen LogP contribution is -2.01. The molecule has 0 saturated heterocycles. The van der Waals surface area contributed by atoms with Crippen molar-refractivity contribution in [3.8, 4) is 0 Å². The van der Waals surface area contributed by atoms with Crippen LogP contribution in [0, 0.1) is 11.7 Å². The van der Waals surface area contributed by atoms with Crippen molar-refractivity contribution in [2.24, 2.45) is 0 Å². The van der Waals surface area contributed by atoms with Crippen LogP contribution in [-0.4, -0.2) is 9.55 Å². The number of benzene rings is 2. The molecule has 1 heterocycles. The Balaban J connectivity index is 2.19. The second-order valence-electron chi connectivity index (χ2n) is 4.58. The van der Waals surface area contributed by atoms with Gasteiger partial charge in [-0.1, -0.05) is 46.3 Å². The highest BCUT2D eigenvalue weighted by Crippen LogP contribution is 2.22. The molecular weight excluding hydrogens is 320 g/mol. The fraction of sp³-hybridized carbons (Fsp3) is 0.133. The SMILES string of the molecule is Cc1cccc2[nH]c(=S)n(Cc3ccccc3Br)c12. The second kappa shape index (κ2) is 4.94. The van der Waals surface area contributed by atoms with Gasteiger partial charge in [0.1, 0.15) is 0 Å². The summed E-state index contributed by atoms with van der Waals surface area (Å²) in [6.45, 7) is 2.88. The summed E-state index contributed by atoms with van der Waals surface area (Å²) in [5.74, 6) is 0. The number of aryl methyl sites for hydroxylation is 1. The van der Waals surface area contributed by atoms with Gasteiger partial charge in [-0.3, -0.25) is 0 Å². The molecule has 1 N–H and O–H groups in total. The summed E-state index contributed by atoms with van der Waals surface area (Å²) >= 11 is 9.04. The molecule has 0 fully saturated rings. The highest BCUT2D eigenvalue weighted by atomic mass is 79.9. The van der Waals surface area contributed by atoms with Gasteiger partial charge in [-0.05, 0) is 42.4 Å². The minimum Gasteiger partial charge on any atom is -0.331 e. The fourth-order valence-corrected chi connectivity index (χ4v) is 3.03. The Morgan fingerprint density at radius 3 is 2.74 bits per heavy atom. The lowest BCUT2D eigenvalue weighted by atomic mass is 10.2. The minimum atomic E-state index is 0.764. The number of H-pyrrole nitrogens is 1. The van der Waals surface area contributed by atoms with Gasteiger partial charge in [0.25, 0.3) is 0 Å². The van der Waals surface area contributed by atoms with Crippen molar-refractivity contribution in [3.63, 3.8) is 0 Å². The van der Waals surface area contributed by atoms with Gasteiger partial charge in [0.15, 0.2) is 4.77 Å². The average Bonchev–Trinajstić information content (AvgIpc) is 2.70. The molecule has 0 aliphatic rings. The molecule has 1 aromatic heterocycles. The minimum absolute atomic E-state index is 0.764. The van der Waals surface area contributed by atoms with E-state index < -0.39 is 0 Å².